The quantitative estimate of drug-likeness (QED) is 0.619. The van der Waals surface area contributed by atoms with Gasteiger partial charge in [0, 0.05) is 6.54 Å². The van der Waals surface area contributed by atoms with Gasteiger partial charge in [-0.2, -0.15) is 0 Å². The summed E-state index contributed by atoms with van der Waals surface area (Å²) in [6.07, 6.45) is 2.60. The van der Waals surface area contributed by atoms with E-state index >= 15 is 0 Å². The van der Waals surface area contributed by atoms with Gasteiger partial charge in [-0.15, -0.1) is 0 Å². The second-order valence-electron chi connectivity index (χ2n) is 4.62. The van der Waals surface area contributed by atoms with E-state index in [1.807, 2.05) is 0 Å². The maximum Gasteiger partial charge on any atom is 0.307 e. The standard InChI is InChI=1S/C11H16N2O4/c14-9(6-3-4-7(6)11(16)17)13-8-2-1-5-12-10(8)15/h6-8H,1-5H2,(H,12,15)(H,13,14)(H,16,17). The Morgan fingerprint density at radius 3 is 2.47 bits per heavy atom. The monoisotopic (exact) mass is 240 g/mol. The Labute approximate surface area is 98.8 Å². The summed E-state index contributed by atoms with van der Waals surface area (Å²) in [6.45, 7) is 0.645. The summed E-state index contributed by atoms with van der Waals surface area (Å²) in [5.74, 6) is -2.45. The van der Waals surface area contributed by atoms with Crippen LogP contribution in [0, 0.1) is 11.8 Å². The van der Waals surface area contributed by atoms with Crippen LogP contribution in [0.15, 0.2) is 0 Å². The number of rotatable bonds is 3. The molecule has 94 valence electrons. The summed E-state index contributed by atoms with van der Waals surface area (Å²) >= 11 is 0. The van der Waals surface area contributed by atoms with Crippen LogP contribution in [0.1, 0.15) is 25.7 Å². The van der Waals surface area contributed by atoms with E-state index in [1.54, 1.807) is 0 Å². The molecule has 1 aliphatic carbocycles. The number of aliphatic carboxylic acids is 1. The van der Waals surface area contributed by atoms with Crippen molar-refractivity contribution in [3.63, 3.8) is 0 Å². The number of carboxylic acid groups (broad SMARTS) is 1. The van der Waals surface area contributed by atoms with Gasteiger partial charge >= 0.3 is 5.97 Å². The smallest absolute Gasteiger partial charge is 0.307 e. The topological polar surface area (TPSA) is 95.5 Å². The highest BCUT2D eigenvalue weighted by Crippen LogP contribution is 2.34. The molecule has 0 bridgehead atoms. The fraction of sp³-hybridized carbons (Fsp3) is 0.727. The molecule has 3 N–H and O–H groups in total. The lowest BCUT2D eigenvalue weighted by atomic mass is 9.73. The third-order valence-corrected chi connectivity index (χ3v) is 3.53. The summed E-state index contributed by atoms with van der Waals surface area (Å²) in [6, 6.07) is -0.494. The van der Waals surface area contributed by atoms with Crippen molar-refractivity contribution in [2.75, 3.05) is 6.54 Å². The third kappa shape index (κ3) is 2.40. The molecule has 0 aromatic rings. The predicted octanol–water partition coefficient (Wildman–Crippen LogP) is -0.508. The van der Waals surface area contributed by atoms with E-state index in [4.69, 9.17) is 5.11 Å². The molecule has 0 aromatic carbocycles. The molecule has 2 aliphatic rings. The second kappa shape index (κ2) is 4.73. The van der Waals surface area contributed by atoms with E-state index in [9.17, 15) is 14.4 Å². The number of hydrogen-bond acceptors (Lipinski definition) is 3. The van der Waals surface area contributed by atoms with E-state index in [2.05, 4.69) is 10.6 Å². The SMILES string of the molecule is O=C1NCCCC1NC(=O)C1CCC1C(=O)O. The molecule has 17 heavy (non-hydrogen) atoms. The number of piperidine rings is 1. The first-order valence-electron chi connectivity index (χ1n) is 5.90. The zero-order valence-corrected chi connectivity index (χ0v) is 9.44. The van der Waals surface area contributed by atoms with Crippen molar-refractivity contribution in [3.8, 4) is 0 Å². The van der Waals surface area contributed by atoms with Crippen LogP contribution in [0.2, 0.25) is 0 Å². The van der Waals surface area contributed by atoms with Gasteiger partial charge in [0.25, 0.3) is 0 Å². The van der Waals surface area contributed by atoms with Gasteiger partial charge in [-0.05, 0) is 25.7 Å². The van der Waals surface area contributed by atoms with Gasteiger partial charge in [0.05, 0.1) is 11.8 Å². The molecule has 0 radical (unpaired) electrons. The minimum atomic E-state index is -0.926. The number of hydrogen-bond donors (Lipinski definition) is 3. The van der Waals surface area contributed by atoms with Gasteiger partial charge in [-0.25, -0.2) is 0 Å². The summed E-state index contributed by atoms with van der Waals surface area (Å²) in [4.78, 5) is 34.0. The Hall–Kier alpha value is -1.59. The molecule has 1 saturated carbocycles. The summed E-state index contributed by atoms with van der Waals surface area (Å²) in [5, 5.41) is 14.2. The van der Waals surface area contributed by atoms with E-state index in [-0.39, 0.29) is 11.8 Å². The Balaban J connectivity index is 1.88. The average molecular weight is 240 g/mol. The lowest BCUT2D eigenvalue weighted by molar-refractivity contribution is -0.153. The first-order valence-corrected chi connectivity index (χ1v) is 5.90. The number of nitrogens with one attached hydrogen (secondary N) is 2. The summed E-state index contributed by atoms with van der Waals surface area (Å²) < 4.78 is 0. The molecule has 6 heteroatoms. The fourth-order valence-electron chi connectivity index (χ4n) is 2.30. The van der Waals surface area contributed by atoms with Crippen LogP contribution in [0.25, 0.3) is 0 Å². The Kier molecular flexibility index (Phi) is 3.31. The first-order chi connectivity index (χ1) is 8.09. The molecule has 1 aliphatic heterocycles. The highest BCUT2D eigenvalue weighted by molar-refractivity contribution is 5.91. The highest BCUT2D eigenvalue weighted by atomic mass is 16.4. The molecular weight excluding hydrogens is 224 g/mol. The van der Waals surface area contributed by atoms with Gasteiger partial charge in [0.2, 0.25) is 11.8 Å². The molecule has 3 unspecified atom stereocenters. The molecule has 2 amide bonds. The zero-order chi connectivity index (χ0) is 12.4. The fourth-order valence-corrected chi connectivity index (χ4v) is 2.30. The summed E-state index contributed by atoms with van der Waals surface area (Å²) in [7, 11) is 0. The highest BCUT2D eigenvalue weighted by Gasteiger charge is 2.42. The van der Waals surface area contributed by atoms with E-state index < -0.39 is 23.8 Å². The molecule has 3 atom stereocenters. The number of carbonyl (C=O) groups excluding carboxylic acids is 2. The molecule has 0 spiro atoms. The largest absolute Gasteiger partial charge is 0.481 e. The minimum Gasteiger partial charge on any atom is -0.481 e. The number of carbonyl (C=O) groups is 3. The number of amides is 2. The molecule has 1 saturated heterocycles. The zero-order valence-electron chi connectivity index (χ0n) is 9.44. The van der Waals surface area contributed by atoms with Crippen LogP contribution in [0.4, 0.5) is 0 Å². The maximum absolute atomic E-state index is 11.8. The van der Waals surface area contributed by atoms with Crippen molar-refractivity contribution in [2.45, 2.75) is 31.7 Å². The van der Waals surface area contributed by atoms with Gasteiger partial charge in [-0.1, -0.05) is 0 Å². The maximum atomic E-state index is 11.8. The minimum absolute atomic E-state index is 0.171. The van der Waals surface area contributed by atoms with Crippen LogP contribution in [-0.4, -0.2) is 35.5 Å². The molecule has 1 heterocycles. The normalized spacial score (nSPS) is 32.2. The molecule has 0 aromatic heterocycles. The van der Waals surface area contributed by atoms with Crippen molar-refractivity contribution in [1.29, 1.82) is 0 Å². The Morgan fingerprint density at radius 1 is 1.24 bits per heavy atom. The second-order valence-corrected chi connectivity index (χ2v) is 4.62. The number of carboxylic acids is 1. The van der Waals surface area contributed by atoms with E-state index in [0.29, 0.717) is 25.8 Å². The van der Waals surface area contributed by atoms with Crippen LogP contribution in [0.3, 0.4) is 0 Å². The van der Waals surface area contributed by atoms with Crippen LogP contribution in [-0.2, 0) is 14.4 Å². The van der Waals surface area contributed by atoms with Crippen molar-refractivity contribution >= 4 is 17.8 Å². The van der Waals surface area contributed by atoms with Crippen molar-refractivity contribution in [3.05, 3.63) is 0 Å². The van der Waals surface area contributed by atoms with Crippen molar-refractivity contribution < 1.29 is 19.5 Å². The lowest BCUT2D eigenvalue weighted by Crippen LogP contribution is -2.54. The van der Waals surface area contributed by atoms with Gasteiger partial charge in [-0.3, -0.25) is 14.4 Å². The first kappa shape index (κ1) is 11.9. The molecule has 2 rings (SSSR count). The van der Waals surface area contributed by atoms with Gasteiger partial charge in [0.1, 0.15) is 6.04 Å². The van der Waals surface area contributed by atoms with Gasteiger partial charge in [0.15, 0.2) is 0 Å². The third-order valence-electron chi connectivity index (χ3n) is 3.53. The average Bonchev–Trinajstić information content (AvgIpc) is 2.18. The van der Waals surface area contributed by atoms with Gasteiger partial charge < -0.3 is 15.7 Å². The molecular formula is C11H16N2O4. The van der Waals surface area contributed by atoms with Crippen LogP contribution >= 0.6 is 0 Å². The van der Waals surface area contributed by atoms with E-state index in [1.165, 1.54) is 0 Å². The van der Waals surface area contributed by atoms with Crippen molar-refractivity contribution in [1.82, 2.24) is 10.6 Å². The molecule has 2 fully saturated rings. The lowest BCUT2D eigenvalue weighted by Gasteiger charge is -2.33. The van der Waals surface area contributed by atoms with Crippen LogP contribution < -0.4 is 10.6 Å². The van der Waals surface area contributed by atoms with Crippen molar-refractivity contribution in [2.24, 2.45) is 11.8 Å². The predicted molar refractivity (Wildman–Crippen MR) is 58.0 cm³/mol. The Bertz CT molecular complexity index is 355. The summed E-state index contributed by atoms with van der Waals surface area (Å²) in [5.41, 5.74) is 0. The van der Waals surface area contributed by atoms with E-state index in [0.717, 1.165) is 6.42 Å². The van der Waals surface area contributed by atoms with Crippen LogP contribution in [0.5, 0.6) is 0 Å². The Morgan fingerprint density at radius 2 is 1.94 bits per heavy atom. The molecule has 6 nitrogen and oxygen atoms in total.